The monoisotopic (exact) mass is 324 g/mol. The Hall–Kier alpha value is 0.0400. The molecule has 2 rings (SSSR count). The lowest BCUT2D eigenvalue weighted by atomic mass is 9.91. The van der Waals surface area contributed by atoms with Crippen LogP contribution in [0.4, 0.5) is 0 Å². The van der Waals surface area contributed by atoms with Crippen molar-refractivity contribution >= 4 is 39.1 Å². The molecule has 0 bridgehead atoms. The van der Waals surface area contributed by atoms with E-state index in [4.69, 9.17) is 32.7 Å². The molecule has 1 fully saturated rings. The minimum absolute atomic E-state index is 0.0145. The number of benzene rings is 1. The Morgan fingerprint density at radius 1 is 1.44 bits per heavy atom. The third-order valence-corrected chi connectivity index (χ3v) is 3.86. The van der Waals surface area contributed by atoms with E-state index in [9.17, 15) is 0 Å². The van der Waals surface area contributed by atoms with Crippen molar-refractivity contribution in [2.75, 3.05) is 7.11 Å². The third-order valence-electron chi connectivity index (χ3n) is 2.62. The van der Waals surface area contributed by atoms with E-state index in [2.05, 4.69) is 15.9 Å². The third kappa shape index (κ3) is 2.48. The number of alkyl halides is 1. The number of ether oxygens (including phenoxy) is 2. The maximum Gasteiger partial charge on any atom is 0.139 e. The topological polar surface area (TPSA) is 18.5 Å². The SMILES string of the molecule is COC1C(Cl)CC1Oc1cc(Br)ccc1Cl. The molecule has 1 aliphatic rings. The van der Waals surface area contributed by atoms with Gasteiger partial charge >= 0.3 is 0 Å². The number of hydrogen-bond acceptors (Lipinski definition) is 2. The van der Waals surface area contributed by atoms with Gasteiger partial charge in [-0.2, -0.15) is 0 Å². The van der Waals surface area contributed by atoms with Crippen LogP contribution in [-0.4, -0.2) is 24.7 Å². The zero-order valence-electron chi connectivity index (χ0n) is 8.62. The molecule has 0 amide bonds. The van der Waals surface area contributed by atoms with E-state index in [1.165, 1.54) is 0 Å². The summed E-state index contributed by atoms with van der Waals surface area (Å²) in [7, 11) is 1.64. The van der Waals surface area contributed by atoms with Gasteiger partial charge in [0.15, 0.2) is 0 Å². The van der Waals surface area contributed by atoms with Gasteiger partial charge < -0.3 is 9.47 Å². The Morgan fingerprint density at radius 3 is 2.81 bits per heavy atom. The minimum atomic E-state index is -0.0586. The standard InChI is InChI=1S/C11H11BrCl2O2/c1-15-11-8(14)5-10(11)16-9-4-6(12)2-3-7(9)13/h2-4,8,10-11H,5H2,1H3. The summed E-state index contributed by atoms with van der Waals surface area (Å²) in [6.07, 6.45) is 0.708. The van der Waals surface area contributed by atoms with E-state index in [0.717, 1.165) is 10.9 Å². The van der Waals surface area contributed by atoms with Gasteiger partial charge in [0.25, 0.3) is 0 Å². The molecule has 1 aliphatic carbocycles. The van der Waals surface area contributed by atoms with Gasteiger partial charge in [0, 0.05) is 18.0 Å². The highest BCUT2D eigenvalue weighted by molar-refractivity contribution is 9.10. The molecule has 1 aromatic carbocycles. The smallest absolute Gasteiger partial charge is 0.139 e. The van der Waals surface area contributed by atoms with Gasteiger partial charge in [0.1, 0.15) is 18.0 Å². The van der Waals surface area contributed by atoms with Crippen molar-refractivity contribution in [1.82, 2.24) is 0 Å². The lowest BCUT2D eigenvalue weighted by molar-refractivity contribution is -0.0583. The molecule has 3 unspecified atom stereocenters. The van der Waals surface area contributed by atoms with Gasteiger partial charge in [-0.15, -0.1) is 11.6 Å². The predicted molar refractivity (Wildman–Crippen MR) is 68.6 cm³/mol. The second-order valence-corrected chi connectivity index (χ2v) is 5.57. The first-order chi connectivity index (χ1) is 7.61. The summed E-state index contributed by atoms with van der Waals surface area (Å²) >= 11 is 15.4. The molecule has 0 saturated heterocycles. The molecule has 0 aromatic heterocycles. The molecule has 2 nitrogen and oxygen atoms in total. The van der Waals surface area contributed by atoms with Crippen molar-refractivity contribution in [1.29, 1.82) is 0 Å². The maximum absolute atomic E-state index is 6.03. The van der Waals surface area contributed by atoms with Crippen LogP contribution in [0.25, 0.3) is 0 Å². The second-order valence-electron chi connectivity index (χ2n) is 3.68. The number of hydrogen-bond donors (Lipinski definition) is 0. The summed E-state index contributed by atoms with van der Waals surface area (Å²) in [5, 5.41) is 0.622. The van der Waals surface area contributed by atoms with Crippen molar-refractivity contribution in [2.24, 2.45) is 0 Å². The molecule has 3 atom stereocenters. The first-order valence-corrected chi connectivity index (χ1v) is 6.51. The van der Waals surface area contributed by atoms with E-state index < -0.39 is 0 Å². The number of rotatable bonds is 3. The molecule has 0 heterocycles. The van der Waals surface area contributed by atoms with E-state index in [-0.39, 0.29) is 17.6 Å². The van der Waals surface area contributed by atoms with Crippen LogP contribution in [0.5, 0.6) is 5.75 Å². The molecule has 0 radical (unpaired) electrons. The summed E-state index contributed by atoms with van der Waals surface area (Å²) in [6, 6.07) is 5.50. The van der Waals surface area contributed by atoms with Gasteiger partial charge in [0.05, 0.1) is 10.4 Å². The normalized spacial score (nSPS) is 28.6. The van der Waals surface area contributed by atoms with Crippen LogP contribution in [-0.2, 0) is 4.74 Å². The lowest BCUT2D eigenvalue weighted by Gasteiger charge is -2.39. The Balaban J connectivity index is 2.07. The molecule has 1 aromatic rings. The molecule has 0 aliphatic heterocycles. The minimum Gasteiger partial charge on any atom is -0.486 e. The van der Waals surface area contributed by atoms with Crippen molar-refractivity contribution in [2.45, 2.75) is 24.0 Å². The van der Waals surface area contributed by atoms with Gasteiger partial charge in [-0.1, -0.05) is 27.5 Å². The van der Waals surface area contributed by atoms with Gasteiger partial charge in [-0.25, -0.2) is 0 Å². The van der Waals surface area contributed by atoms with E-state index in [1.54, 1.807) is 13.2 Å². The zero-order chi connectivity index (χ0) is 11.7. The predicted octanol–water partition coefficient (Wildman–Crippen LogP) is 3.88. The fourth-order valence-corrected chi connectivity index (χ4v) is 2.62. The van der Waals surface area contributed by atoms with E-state index in [1.807, 2.05) is 12.1 Å². The van der Waals surface area contributed by atoms with Gasteiger partial charge in [0.2, 0.25) is 0 Å². The van der Waals surface area contributed by atoms with Crippen LogP contribution in [0.15, 0.2) is 22.7 Å². The summed E-state index contributed by atoms with van der Waals surface area (Å²) in [4.78, 5) is 0. The number of methoxy groups -OCH3 is 1. The summed E-state index contributed by atoms with van der Waals surface area (Å²) in [6.45, 7) is 0. The first kappa shape index (κ1) is 12.5. The summed E-state index contributed by atoms with van der Waals surface area (Å²) in [5.41, 5.74) is 0. The Morgan fingerprint density at radius 2 is 2.19 bits per heavy atom. The Labute approximate surface area is 113 Å². The van der Waals surface area contributed by atoms with Crippen molar-refractivity contribution in [3.63, 3.8) is 0 Å². The lowest BCUT2D eigenvalue weighted by Crippen LogP contribution is -2.52. The molecule has 0 spiro atoms. The van der Waals surface area contributed by atoms with Crippen molar-refractivity contribution in [3.8, 4) is 5.75 Å². The molecule has 5 heteroatoms. The fourth-order valence-electron chi connectivity index (χ4n) is 1.67. The van der Waals surface area contributed by atoms with E-state index in [0.29, 0.717) is 10.8 Å². The summed E-state index contributed by atoms with van der Waals surface area (Å²) < 4.78 is 11.9. The highest BCUT2D eigenvalue weighted by atomic mass is 79.9. The Kier molecular flexibility index (Phi) is 4.01. The highest BCUT2D eigenvalue weighted by Crippen LogP contribution is 2.36. The molecule has 0 N–H and O–H groups in total. The molecule has 1 saturated carbocycles. The van der Waals surface area contributed by atoms with E-state index >= 15 is 0 Å². The largest absolute Gasteiger partial charge is 0.486 e. The average Bonchev–Trinajstić information content (AvgIpc) is 2.23. The zero-order valence-corrected chi connectivity index (χ0v) is 11.7. The second kappa shape index (κ2) is 5.13. The van der Waals surface area contributed by atoms with Crippen LogP contribution in [0.1, 0.15) is 6.42 Å². The van der Waals surface area contributed by atoms with Gasteiger partial charge in [-0.05, 0) is 18.2 Å². The highest BCUT2D eigenvalue weighted by Gasteiger charge is 2.42. The van der Waals surface area contributed by atoms with Crippen LogP contribution in [0, 0.1) is 0 Å². The quantitative estimate of drug-likeness (QED) is 0.785. The molecular weight excluding hydrogens is 315 g/mol. The van der Waals surface area contributed by atoms with Crippen molar-refractivity contribution < 1.29 is 9.47 Å². The average molecular weight is 326 g/mol. The van der Waals surface area contributed by atoms with Crippen LogP contribution < -0.4 is 4.74 Å². The van der Waals surface area contributed by atoms with Gasteiger partial charge in [-0.3, -0.25) is 0 Å². The van der Waals surface area contributed by atoms with Crippen LogP contribution >= 0.6 is 39.1 Å². The van der Waals surface area contributed by atoms with Crippen molar-refractivity contribution in [3.05, 3.63) is 27.7 Å². The number of halogens is 3. The summed E-state index contributed by atoms with van der Waals surface area (Å²) in [5.74, 6) is 0.659. The molecule has 88 valence electrons. The fraction of sp³-hybridized carbons (Fsp3) is 0.455. The maximum atomic E-state index is 6.03. The Bertz CT molecular complexity index is 386. The molecule has 16 heavy (non-hydrogen) atoms. The van der Waals surface area contributed by atoms with Crippen LogP contribution in [0.2, 0.25) is 5.02 Å². The first-order valence-electron chi connectivity index (χ1n) is 4.90. The van der Waals surface area contributed by atoms with Crippen LogP contribution in [0.3, 0.4) is 0 Å². The molecular formula is C11H11BrCl2O2.